The van der Waals surface area contributed by atoms with Gasteiger partial charge in [-0.3, -0.25) is 9.59 Å². The zero-order valence-corrected chi connectivity index (χ0v) is 14.6. The van der Waals surface area contributed by atoms with Crippen molar-refractivity contribution in [1.82, 2.24) is 9.80 Å². The van der Waals surface area contributed by atoms with Gasteiger partial charge in [-0.1, -0.05) is 18.2 Å². The minimum absolute atomic E-state index is 0.000748. The zero-order valence-electron chi connectivity index (χ0n) is 14.6. The predicted molar refractivity (Wildman–Crippen MR) is 96.3 cm³/mol. The SMILES string of the molecule is O=C(C(=O)N1CCCCC1CCO)N1CCN(c2ccccc2)CC1. The first kappa shape index (κ1) is 17.7. The van der Waals surface area contributed by atoms with Gasteiger partial charge in [0.2, 0.25) is 0 Å². The molecule has 0 aromatic heterocycles. The summed E-state index contributed by atoms with van der Waals surface area (Å²) in [5, 5.41) is 9.20. The van der Waals surface area contributed by atoms with Crippen LogP contribution < -0.4 is 4.90 Å². The van der Waals surface area contributed by atoms with Crippen LogP contribution in [0.5, 0.6) is 0 Å². The summed E-state index contributed by atoms with van der Waals surface area (Å²) < 4.78 is 0. The topological polar surface area (TPSA) is 64.1 Å². The van der Waals surface area contributed by atoms with Crippen LogP contribution in [0.3, 0.4) is 0 Å². The average Bonchev–Trinajstić information content (AvgIpc) is 2.68. The van der Waals surface area contributed by atoms with Crippen LogP contribution in [0.15, 0.2) is 30.3 Å². The molecule has 1 unspecified atom stereocenters. The highest BCUT2D eigenvalue weighted by molar-refractivity contribution is 6.35. The number of anilines is 1. The van der Waals surface area contributed by atoms with Crippen LogP contribution in [0, 0.1) is 0 Å². The van der Waals surface area contributed by atoms with Crippen molar-refractivity contribution in [2.24, 2.45) is 0 Å². The van der Waals surface area contributed by atoms with Gasteiger partial charge in [0.25, 0.3) is 0 Å². The second kappa shape index (κ2) is 8.34. The van der Waals surface area contributed by atoms with E-state index in [0.717, 1.165) is 38.0 Å². The van der Waals surface area contributed by atoms with E-state index in [1.54, 1.807) is 9.80 Å². The molecule has 0 aliphatic carbocycles. The molecule has 0 bridgehead atoms. The largest absolute Gasteiger partial charge is 0.396 e. The molecule has 1 aromatic carbocycles. The summed E-state index contributed by atoms with van der Waals surface area (Å²) in [5.74, 6) is -0.788. The van der Waals surface area contributed by atoms with Crippen molar-refractivity contribution in [1.29, 1.82) is 0 Å². The van der Waals surface area contributed by atoms with Gasteiger partial charge in [-0.25, -0.2) is 0 Å². The van der Waals surface area contributed by atoms with Gasteiger partial charge in [0.1, 0.15) is 0 Å². The Morgan fingerprint density at radius 1 is 0.960 bits per heavy atom. The number of hydrogen-bond acceptors (Lipinski definition) is 4. The van der Waals surface area contributed by atoms with E-state index >= 15 is 0 Å². The van der Waals surface area contributed by atoms with Gasteiger partial charge < -0.3 is 19.8 Å². The molecule has 1 aromatic rings. The van der Waals surface area contributed by atoms with Crippen molar-refractivity contribution in [3.63, 3.8) is 0 Å². The third-order valence-electron chi connectivity index (χ3n) is 5.22. The fourth-order valence-corrected chi connectivity index (χ4v) is 3.78. The van der Waals surface area contributed by atoms with Gasteiger partial charge in [0, 0.05) is 51.1 Å². The normalized spacial score (nSPS) is 21.3. The van der Waals surface area contributed by atoms with E-state index in [0.29, 0.717) is 26.1 Å². The Kier molecular flexibility index (Phi) is 5.91. The maximum absolute atomic E-state index is 12.7. The quantitative estimate of drug-likeness (QED) is 0.833. The van der Waals surface area contributed by atoms with Crippen molar-refractivity contribution in [3.8, 4) is 0 Å². The Morgan fingerprint density at radius 2 is 1.68 bits per heavy atom. The summed E-state index contributed by atoms with van der Waals surface area (Å²) >= 11 is 0. The van der Waals surface area contributed by atoms with Crippen LogP contribution >= 0.6 is 0 Å². The molecule has 1 N–H and O–H groups in total. The van der Waals surface area contributed by atoms with Crippen LogP contribution in [-0.4, -0.2) is 72.1 Å². The molecule has 0 radical (unpaired) electrons. The van der Waals surface area contributed by atoms with Crippen LogP contribution in [0.1, 0.15) is 25.7 Å². The summed E-state index contributed by atoms with van der Waals surface area (Å²) in [5.41, 5.74) is 1.15. The minimum atomic E-state index is -0.397. The number of aliphatic hydroxyl groups is 1. The number of piperidine rings is 1. The summed E-state index contributed by atoms with van der Waals surface area (Å²) in [6.45, 7) is 3.29. The summed E-state index contributed by atoms with van der Waals surface area (Å²) in [7, 11) is 0. The number of nitrogens with zero attached hydrogens (tertiary/aromatic N) is 3. The van der Waals surface area contributed by atoms with E-state index in [9.17, 15) is 14.7 Å². The van der Waals surface area contributed by atoms with Crippen LogP contribution in [0.25, 0.3) is 0 Å². The molecule has 2 aliphatic heterocycles. The number of carbonyl (C=O) groups is 2. The monoisotopic (exact) mass is 345 g/mol. The van der Waals surface area contributed by atoms with E-state index in [1.807, 2.05) is 18.2 Å². The molecule has 25 heavy (non-hydrogen) atoms. The van der Waals surface area contributed by atoms with Crippen LogP contribution in [0.4, 0.5) is 5.69 Å². The van der Waals surface area contributed by atoms with E-state index in [1.165, 1.54) is 0 Å². The molecule has 0 spiro atoms. The van der Waals surface area contributed by atoms with Crippen LogP contribution in [0.2, 0.25) is 0 Å². The number of benzene rings is 1. The highest BCUT2D eigenvalue weighted by Crippen LogP contribution is 2.21. The number of likely N-dealkylation sites (tertiary alicyclic amines) is 1. The Bertz CT molecular complexity index is 583. The minimum Gasteiger partial charge on any atom is -0.396 e. The molecule has 2 saturated heterocycles. The van der Waals surface area contributed by atoms with E-state index < -0.39 is 11.8 Å². The number of piperazine rings is 1. The number of hydrogen-bond donors (Lipinski definition) is 1. The smallest absolute Gasteiger partial charge is 0.312 e. The molecule has 136 valence electrons. The Morgan fingerprint density at radius 3 is 2.36 bits per heavy atom. The third kappa shape index (κ3) is 4.12. The molecule has 3 rings (SSSR count). The number of rotatable bonds is 3. The first-order chi connectivity index (χ1) is 12.2. The summed E-state index contributed by atoms with van der Waals surface area (Å²) in [4.78, 5) is 30.9. The summed E-state index contributed by atoms with van der Waals surface area (Å²) in [6, 6.07) is 10.1. The Labute approximate surface area is 149 Å². The van der Waals surface area contributed by atoms with E-state index in [2.05, 4.69) is 17.0 Å². The van der Waals surface area contributed by atoms with Gasteiger partial charge in [0.05, 0.1) is 0 Å². The highest BCUT2D eigenvalue weighted by atomic mass is 16.3. The average molecular weight is 345 g/mol. The van der Waals surface area contributed by atoms with Crippen molar-refractivity contribution >= 4 is 17.5 Å². The Balaban J connectivity index is 1.57. The molecule has 6 nitrogen and oxygen atoms in total. The first-order valence-corrected chi connectivity index (χ1v) is 9.21. The second-order valence-electron chi connectivity index (χ2n) is 6.78. The van der Waals surface area contributed by atoms with Crippen LogP contribution in [-0.2, 0) is 9.59 Å². The second-order valence-corrected chi connectivity index (χ2v) is 6.78. The molecule has 2 fully saturated rings. The standard InChI is InChI=1S/C19H27N3O3/c23-15-9-17-8-4-5-10-22(17)19(25)18(24)21-13-11-20(12-14-21)16-6-2-1-3-7-16/h1-3,6-7,17,23H,4-5,8-15H2. The third-order valence-corrected chi connectivity index (χ3v) is 5.22. The van der Waals surface area contributed by atoms with Gasteiger partial charge >= 0.3 is 11.8 Å². The van der Waals surface area contributed by atoms with Gasteiger partial charge in [-0.15, -0.1) is 0 Å². The van der Waals surface area contributed by atoms with Crippen molar-refractivity contribution in [2.75, 3.05) is 44.2 Å². The highest BCUT2D eigenvalue weighted by Gasteiger charge is 2.34. The predicted octanol–water partition coefficient (Wildman–Crippen LogP) is 1.10. The van der Waals surface area contributed by atoms with Crippen molar-refractivity contribution in [3.05, 3.63) is 30.3 Å². The van der Waals surface area contributed by atoms with Gasteiger partial charge in [0.15, 0.2) is 0 Å². The molecule has 2 aliphatic rings. The lowest BCUT2D eigenvalue weighted by Crippen LogP contribution is -2.55. The lowest BCUT2D eigenvalue weighted by molar-refractivity contribution is -0.154. The number of amides is 2. The van der Waals surface area contributed by atoms with Gasteiger partial charge in [-0.2, -0.15) is 0 Å². The molecular weight excluding hydrogens is 318 g/mol. The van der Waals surface area contributed by atoms with E-state index in [4.69, 9.17) is 0 Å². The van der Waals surface area contributed by atoms with E-state index in [-0.39, 0.29) is 12.6 Å². The van der Waals surface area contributed by atoms with Gasteiger partial charge in [-0.05, 0) is 37.8 Å². The maximum atomic E-state index is 12.7. The lowest BCUT2D eigenvalue weighted by Gasteiger charge is -2.39. The molecule has 0 saturated carbocycles. The zero-order chi connectivity index (χ0) is 17.6. The fourth-order valence-electron chi connectivity index (χ4n) is 3.78. The van der Waals surface area contributed by atoms with Crippen molar-refractivity contribution in [2.45, 2.75) is 31.7 Å². The molecule has 2 amide bonds. The summed E-state index contributed by atoms with van der Waals surface area (Å²) in [6.07, 6.45) is 3.42. The molecule has 2 heterocycles. The Hall–Kier alpha value is -2.08. The van der Waals surface area contributed by atoms with Crippen molar-refractivity contribution < 1.29 is 14.7 Å². The molecule has 6 heteroatoms. The number of para-hydroxylation sites is 1. The molecule has 1 atom stereocenters. The number of aliphatic hydroxyl groups excluding tert-OH is 1. The maximum Gasteiger partial charge on any atom is 0.312 e. The molecular formula is C19H27N3O3. The number of carbonyl (C=O) groups excluding carboxylic acids is 2. The first-order valence-electron chi connectivity index (χ1n) is 9.21. The lowest BCUT2D eigenvalue weighted by atomic mass is 9.99. The fraction of sp³-hybridized carbons (Fsp3) is 0.579.